The Hall–Kier alpha value is -0.780. The van der Waals surface area contributed by atoms with Crippen LogP contribution in [0.4, 0.5) is 0 Å². The molecule has 0 aromatic rings. The highest BCUT2D eigenvalue weighted by molar-refractivity contribution is 5.96. The van der Waals surface area contributed by atoms with Gasteiger partial charge in [-0.1, -0.05) is 78.1 Å². The molecule has 5 heteroatoms. The van der Waals surface area contributed by atoms with Crippen LogP contribution in [0.25, 0.3) is 0 Å². The average molecular weight is 373 g/mol. The molecular formula is C21H40O5. The topological polar surface area (TPSA) is 94.8 Å². The molecule has 0 fully saturated rings. The molecule has 2 atom stereocenters. The predicted molar refractivity (Wildman–Crippen MR) is 104 cm³/mol. The Morgan fingerprint density at radius 3 is 1.69 bits per heavy atom. The Balaban J connectivity index is 4.15. The summed E-state index contributed by atoms with van der Waals surface area (Å²) in [5.41, 5.74) is -2.36. The highest BCUT2D eigenvalue weighted by Crippen LogP contribution is 2.19. The van der Waals surface area contributed by atoms with E-state index in [1.54, 1.807) is 0 Å². The van der Waals surface area contributed by atoms with E-state index in [9.17, 15) is 24.9 Å². The molecule has 0 aromatic heterocycles. The molecule has 0 aliphatic rings. The second-order valence-corrected chi connectivity index (χ2v) is 7.41. The summed E-state index contributed by atoms with van der Waals surface area (Å²) in [5, 5.41) is 29.8. The van der Waals surface area contributed by atoms with Gasteiger partial charge < -0.3 is 15.3 Å². The molecule has 0 heterocycles. The van der Waals surface area contributed by atoms with Crippen LogP contribution in [-0.2, 0) is 9.59 Å². The smallest absolute Gasteiger partial charge is 0.178 e. The maximum atomic E-state index is 12.3. The van der Waals surface area contributed by atoms with E-state index >= 15 is 0 Å². The van der Waals surface area contributed by atoms with Gasteiger partial charge in [-0.3, -0.25) is 9.59 Å². The van der Waals surface area contributed by atoms with Crippen molar-refractivity contribution in [2.24, 2.45) is 0 Å². The molecule has 154 valence electrons. The van der Waals surface area contributed by atoms with E-state index < -0.39 is 29.9 Å². The fourth-order valence-corrected chi connectivity index (χ4v) is 3.09. The van der Waals surface area contributed by atoms with E-state index in [4.69, 9.17) is 0 Å². The normalized spacial score (nSPS) is 14.8. The summed E-state index contributed by atoms with van der Waals surface area (Å²) in [4.78, 5) is 24.2. The summed E-state index contributed by atoms with van der Waals surface area (Å²) >= 11 is 0. The van der Waals surface area contributed by atoms with E-state index in [1.807, 2.05) is 6.92 Å². The minimum absolute atomic E-state index is 0.0756. The van der Waals surface area contributed by atoms with Crippen molar-refractivity contribution in [2.75, 3.05) is 6.61 Å². The molecule has 0 aliphatic heterocycles. The number of Topliss-reactive ketones (excluding diaryl/α,β-unsaturated/α-hetero) is 2. The summed E-state index contributed by atoms with van der Waals surface area (Å²) in [6.45, 7) is 3.27. The number of unbranched alkanes of at least 4 members (excludes halogenated alkanes) is 10. The summed E-state index contributed by atoms with van der Waals surface area (Å²) in [7, 11) is 0. The van der Waals surface area contributed by atoms with Crippen LogP contribution in [-0.4, -0.2) is 45.2 Å². The lowest BCUT2D eigenvalue weighted by Crippen LogP contribution is -2.55. The van der Waals surface area contributed by atoms with Crippen molar-refractivity contribution in [2.45, 2.75) is 115 Å². The lowest BCUT2D eigenvalue weighted by Gasteiger charge is -2.28. The van der Waals surface area contributed by atoms with Crippen LogP contribution >= 0.6 is 0 Å². The molecule has 0 rings (SSSR count). The standard InChI is InChI=1S/C21H40O5/c1-3-5-7-8-9-10-11-12-14-16-19(24)21(26,17-22)20(25)18(23)15-13-6-4-2/h20,22,25-26H,3-17H2,1-2H3. The minimum atomic E-state index is -2.36. The number of rotatable bonds is 18. The molecule has 0 saturated heterocycles. The zero-order valence-electron chi connectivity index (χ0n) is 16.8. The molecule has 26 heavy (non-hydrogen) atoms. The Kier molecular flexibility index (Phi) is 14.8. The minimum Gasteiger partial charge on any atom is -0.393 e. The molecule has 2 unspecified atom stereocenters. The number of carbonyl (C=O) groups is 2. The van der Waals surface area contributed by atoms with Crippen molar-refractivity contribution in [3.63, 3.8) is 0 Å². The van der Waals surface area contributed by atoms with Gasteiger partial charge in [0.25, 0.3) is 0 Å². The molecule has 5 nitrogen and oxygen atoms in total. The van der Waals surface area contributed by atoms with E-state index in [2.05, 4.69) is 6.92 Å². The van der Waals surface area contributed by atoms with Gasteiger partial charge in [-0.2, -0.15) is 0 Å². The molecular weight excluding hydrogens is 332 g/mol. The van der Waals surface area contributed by atoms with Crippen molar-refractivity contribution in [3.8, 4) is 0 Å². The van der Waals surface area contributed by atoms with Crippen LogP contribution in [0, 0.1) is 0 Å². The van der Waals surface area contributed by atoms with Gasteiger partial charge in [0.15, 0.2) is 23.3 Å². The van der Waals surface area contributed by atoms with E-state index in [0.29, 0.717) is 12.8 Å². The first-order valence-electron chi connectivity index (χ1n) is 10.5. The summed E-state index contributed by atoms with van der Waals surface area (Å²) in [6, 6.07) is 0. The maximum Gasteiger partial charge on any atom is 0.178 e. The van der Waals surface area contributed by atoms with Gasteiger partial charge in [-0.05, 0) is 12.8 Å². The first-order valence-corrected chi connectivity index (χ1v) is 10.5. The van der Waals surface area contributed by atoms with Crippen LogP contribution in [0.3, 0.4) is 0 Å². The summed E-state index contributed by atoms with van der Waals surface area (Å²) in [6.07, 6.45) is 10.7. The lowest BCUT2D eigenvalue weighted by atomic mass is 9.86. The molecule has 0 aromatic carbocycles. The third kappa shape index (κ3) is 9.79. The zero-order chi connectivity index (χ0) is 19.8. The fraction of sp³-hybridized carbons (Fsp3) is 0.905. The molecule has 0 saturated carbocycles. The largest absolute Gasteiger partial charge is 0.393 e. The van der Waals surface area contributed by atoms with Crippen LogP contribution in [0.5, 0.6) is 0 Å². The van der Waals surface area contributed by atoms with Gasteiger partial charge in [0, 0.05) is 12.8 Å². The van der Waals surface area contributed by atoms with Gasteiger partial charge in [-0.25, -0.2) is 0 Å². The first kappa shape index (κ1) is 25.2. The Labute approximate surface area is 159 Å². The predicted octanol–water partition coefficient (Wildman–Crippen LogP) is 3.71. The fourth-order valence-electron chi connectivity index (χ4n) is 3.09. The maximum absolute atomic E-state index is 12.3. The van der Waals surface area contributed by atoms with Crippen molar-refractivity contribution in [1.82, 2.24) is 0 Å². The van der Waals surface area contributed by atoms with Crippen molar-refractivity contribution < 1.29 is 24.9 Å². The van der Waals surface area contributed by atoms with Crippen molar-refractivity contribution >= 4 is 11.6 Å². The third-order valence-corrected chi connectivity index (χ3v) is 5.02. The molecule has 3 N–H and O–H groups in total. The first-order chi connectivity index (χ1) is 12.4. The van der Waals surface area contributed by atoms with Crippen LogP contribution < -0.4 is 0 Å². The number of carbonyl (C=O) groups excluding carboxylic acids is 2. The number of aliphatic hydroxyl groups is 3. The Morgan fingerprint density at radius 1 is 0.769 bits per heavy atom. The highest BCUT2D eigenvalue weighted by atomic mass is 16.4. The number of aliphatic hydroxyl groups excluding tert-OH is 2. The third-order valence-electron chi connectivity index (χ3n) is 5.02. The van der Waals surface area contributed by atoms with Gasteiger partial charge >= 0.3 is 0 Å². The van der Waals surface area contributed by atoms with Gasteiger partial charge in [0.05, 0.1) is 6.61 Å². The van der Waals surface area contributed by atoms with Crippen LogP contribution in [0.1, 0.15) is 104 Å². The molecule has 0 spiro atoms. The summed E-state index contributed by atoms with van der Waals surface area (Å²) < 4.78 is 0. The molecule has 0 bridgehead atoms. The second kappa shape index (κ2) is 15.3. The molecule has 0 amide bonds. The summed E-state index contributed by atoms with van der Waals surface area (Å²) in [5.74, 6) is -1.21. The van der Waals surface area contributed by atoms with Crippen molar-refractivity contribution in [1.29, 1.82) is 0 Å². The average Bonchev–Trinajstić information content (AvgIpc) is 2.65. The van der Waals surface area contributed by atoms with Gasteiger partial charge in [0.2, 0.25) is 0 Å². The van der Waals surface area contributed by atoms with Crippen molar-refractivity contribution in [3.05, 3.63) is 0 Å². The van der Waals surface area contributed by atoms with Crippen LogP contribution in [0.15, 0.2) is 0 Å². The number of ketones is 2. The quantitative estimate of drug-likeness (QED) is 0.319. The Bertz CT molecular complexity index is 383. The van der Waals surface area contributed by atoms with E-state index in [1.165, 1.54) is 32.1 Å². The number of hydrogen-bond donors (Lipinski definition) is 3. The number of hydrogen-bond acceptors (Lipinski definition) is 5. The van der Waals surface area contributed by atoms with Gasteiger partial charge in [0.1, 0.15) is 0 Å². The lowest BCUT2D eigenvalue weighted by molar-refractivity contribution is -0.165. The van der Waals surface area contributed by atoms with Gasteiger partial charge in [-0.15, -0.1) is 0 Å². The zero-order valence-corrected chi connectivity index (χ0v) is 16.8. The second-order valence-electron chi connectivity index (χ2n) is 7.41. The Morgan fingerprint density at radius 2 is 1.19 bits per heavy atom. The molecule has 0 aliphatic carbocycles. The van der Waals surface area contributed by atoms with E-state index in [0.717, 1.165) is 32.1 Å². The SMILES string of the molecule is CCCCCCCCCCCC(=O)C(O)(CO)C(O)C(=O)CCCCC. The monoisotopic (exact) mass is 372 g/mol. The van der Waals surface area contributed by atoms with Crippen LogP contribution in [0.2, 0.25) is 0 Å². The van der Waals surface area contributed by atoms with E-state index in [-0.39, 0.29) is 12.8 Å². The molecule has 0 radical (unpaired) electrons. The highest BCUT2D eigenvalue weighted by Gasteiger charge is 2.45.